The summed E-state index contributed by atoms with van der Waals surface area (Å²) in [5, 5.41) is 9.64. The normalized spacial score (nSPS) is 11.7. The average Bonchev–Trinajstić information content (AvgIpc) is 2.75. The third kappa shape index (κ3) is 5.91. The van der Waals surface area contributed by atoms with Gasteiger partial charge in [-0.2, -0.15) is 13.7 Å². The van der Waals surface area contributed by atoms with Crippen molar-refractivity contribution in [2.24, 2.45) is 0 Å². The quantitative estimate of drug-likeness (QED) is 0.128. The van der Waals surface area contributed by atoms with Crippen molar-refractivity contribution in [3.05, 3.63) is 85.4 Å². The van der Waals surface area contributed by atoms with Crippen LogP contribution in [0.2, 0.25) is 0 Å². The largest absolute Gasteiger partial charge is 0.490 e. The first kappa shape index (κ1) is 24.3. The van der Waals surface area contributed by atoms with Gasteiger partial charge < -0.3 is 8.92 Å². The molecule has 0 saturated carbocycles. The van der Waals surface area contributed by atoms with Crippen LogP contribution in [0.4, 0.5) is 0 Å². The molecule has 0 amide bonds. The van der Waals surface area contributed by atoms with Crippen LogP contribution >= 0.6 is 38.5 Å². The lowest BCUT2D eigenvalue weighted by Gasteiger charge is -2.15. The van der Waals surface area contributed by atoms with Gasteiger partial charge in [-0.15, -0.1) is 0 Å². The molecule has 0 atom stereocenters. The van der Waals surface area contributed by atoms with Gasteiger partial charge in [0.1, 0.15) is 4.90 Å². The molecule has 0 saturated heterocycles. The number of nitrogens with zero attached hydrogens (tertiary/aromatic N) is 1. The third-order valence-corrected chi connectivity index (χ3v) is 6.99. The summed E-state index contributed by atoms with van der Waals surface area (Å²) in [5.74, 6) is 0.404. The average molecular weight is 624 g/mol. The number of rotatable bonds is 7. The fourth-order valence-electron chi connectivity index (χ4n) is 2.85. The standard InChI is InChI=1S/C24H19BrINO4S/c1-3-30-23-14-17(12-19(15-27)18-6-8-20(25)9-7-18)13-22(26)24(23)31-32(28,29)21-10-4-16(2)5-11-21/h4-14H,3H2,1-2H3/b19-12+. The fraction of sp³-hybridized carbons (Fsp3) is 0.125. The molecule has 0 aliphatic rings. The third-order valence-electron chi connectivity index (χ3n) is 4.42. The van der Waals surface area contributed by atoms with Crippen LogP contribution < -0.4 is 8.92 Å². The van der Waals surface area contributed by atoms with Crippen LogP contribution in [-0.2, 0) is 10.1 Å². The lowest BCUT2D eigenvalue weighted by Crippen LogP contribution is -2.12. The number of ether oxygens (including phenoxy) is 1. The molecule has 5 nitrogen and oxygen atoms in total. The van der Waals surface area contributed by atoms with Crippen LogP contribution in [0, 0.1) is 21.8 Å². The zero-order chi connectivity index (χ0) is 23.3. The van der Waals surface area contributed by atoms with Gasteiger partial charge in [0.25, 0.3) is 0 Å². The van der Waals surface area contributed by atoms with Crippen LogP contribution in [0.1, 0.15) is 23.6 Å². The molecule has 0 N–H and O–H groups in total. The predicted molar refractivity (Wildman–Crippen MR) is 137 cm³/mol. The molecular formula is C24H19BrINO4S. The zero-order valence-electron chi connectivity index (χ0n) is 17.3. The maximum absolute atomic E-state index is 12.8. The molecule has 3 aromatic carbocycles. The Morgan fingerprint density at radius 1 is 1.12 bits per heavy atom. The van der Waals surface area contributed by atoms with Crippen molar-refractivity contribution in [2.75, 3.05) is 6.61 Å². The van der Waals surface area contributed by atoms with E-state index < -0.39 is 10.1 Å². The Morgan fingerprint density at radius 3 is 2.38 bits per heavy atom. The summed E-state index contributed by atoms with van der Waals surface area (Å²) in [5.41, 5.74) is 2.88. The maximum Gasteiger partial charge on any atom is 0.339 e. The number of hydrogen-bond acceptors (Lipinski definition) is 5. The van der Waals surface area contributed by atoms with Gasteiger partial charge in [0.15, 0.2) is 11.5 Å². The molecular weight excluding hydrogens is 605 g/mol. The molecule has 0 aromatic heterocycles. The van der Waals surface area contributed by atoms with Crippen molar-refractivity contribution in [2.45, 2.75) is 18.7 Å². The zero-order valence-corrected chi connectivity index (χ0v) is 21.9. The molecule has 3 rings (SSSR count). The van der Waals surface area contributed by atoms with Gasteiger partial charge in [-0.3, -0.25) is 0 Å². The summed E-state index contributed by atoms with van der Waals surface area (Å²) in [7, 11) is -4.04. The molecule has 164 valence electrons. The van der Waals surface area contributed by atoms with Crippen LogP contribution in [0.3, 0.4) is 0 Å². The highest BCUT2D eigenvalue weighted by Crippen LogP contribution is 2.37. The minimum absolute atomic E-state index is 0.0623. The summed E-state index contributed by atoms with van der Waals surface area (Å²) < 4.78 is 38.2. The maximum atomic E-state index is 12.8. The van der Waals surface area contributed by atoms with Crippen molar-refractivity contribution in [3.63, 3.8) is 0 Å². The lowest BCUT2D eigenvalue weighted by molar-refractivity contribution is 0.327. The van der Waals surface area contributed by atoms with Crippen molar-refractivity contribution in [1.82, 2.24) is 0 Å². The molecule has 8 heteroatoms. The van der Waals surface area contributed by atoms with E-state index in [1.807, 2.05) is 53.8 Å². The van der Waals surface area contributed by atoms with Crippen LogP contribution in [0.25, 0.3) is 11.6 Å². The lowest BCUT2D eigenvalue weighted by atomic mass is 10.0. The van der Waals surface area contributed by atoms with E-state index in [2.05, 4.69) is 22.0 Å². The molecule has 0 unspecified atom stereocenters. The second-order valence-electron chi connectivity index (χ2n) is 6.79. The van der Waals surface area contributed by atoms with Gasteiger partial charge in [0.05, 0.1) is 21.8 Å². The smallest absolute Gasteiger partial charge is 0.339 e. The highest BCUT2D eigenvalue weighted by Gasteiger charge is 2.22. The second kappa shape index (κ2) is 10.5. The van der Waals surface area contributed by atoms with E-state index in [1.54, 1.807) is 37.3 Å². The summed E-state index contributed by atoms with van der Waals surface area (Å²) >= 11 is 5.39. The fourth-order valence-corrected chi connectivity index (χ4v) is 4.96. The minimum atomic E-state index is -4.04. The van der Waals surface area contributed by atoms with Crippen molar-refractivity contribution < 1.29 is 17.3 Å². The molecule has 0 aliphatic heterocycles. The molecule has 32 heavy (non-hydrogen) atoms. The Labute approximate surface area is 210 Å². The molecule has 0 spiro atoms. The van der Waals surface area contributed by atoms with E-state index in [-0.39, 0.29) is 16.4 Å². The number of hydrogen-bond donors (Lipinski definition) is 0. The second-order valence-corrected chi connectivity index (χ2v) is 10.4. The molecule has 3 aromatic rings. The monoisotopic (exact) mass is 623 g/mol. The first-order valence-electron chi connectivity index (χ1n) is 9.58. The van der Waals surface area contributed by atoms with Gasteiger partial charge in [0, 0.05) is 4.47 Å². The van der Waals surface area contributed by atoms with Gasteiger partial charge >= 0.3 is 10.1 Å². The van der Waals surface area contributed by atoms with Crippen LogP contribution in [0.15, 0.2) is 70.0 Å². The summed E-state index contributed by atoms with van der Waals surface area (Å²) in [6, 6.07) is 19.5. The number of allylic oxidation sites excluding steroid dienone is 1. The summed E-state index contributed by atoms with van der Waals surface area (Å²) in [6.07, 6.45) is 1.73. The number of benzene rings is 3. The van der Waals surface area contributed by atoms with E-state index >= 15 is 0 Å². The van der Waals surface area contributed by atoms with Gasteiger partial charge in [-0.1, -0.05) is 45.8 Å². The van der Waals surface area contributed by atoms with Crippen LogP contribution in [-0.4, -0.2) is 15.0 Å². The van der Waals surface area contributed by atoms with E-state index in [4.69, 9.17) is 8.92 Å². The van der Waals surface area contributed by atoms with E-state index in [0.29, 0.717) is 21.3 Å². The summed E-state index contributed by atoms with van der Waals surface area (Å²) in [4.78, 5) is 0.0623. The number of nitriles is 1. The number of halogens is 2. The Kier molecular flexibility index (Phi) is 7.98. The van der Waals surface area contributed by atoms with Crippen molar-refractivity contribution in [1.29, 1.82) is 5.26 Å². The van der Waals surface area contributed by atoms with Crippen molar-refractivity contribution in [3.8, 4) is 17.6 Å². The highest BCUT2D eigenvalue weighted by atomic mass is 127. The molecule has 0 radical (unpaired) electrons. The first-order chi connectivity index (χ1) is 15.2. The van der Waals surface area contributed by atoms with E-state index in [1.165, 1.54) is 12.1 Å². The van der Waals surface area contributed by atoms with E-state index in [9.17, 15) is 13.7 Å². The minimum Gasteiger partial charge on any atom is -0.490 e. The van der Waals surface area contributed by atoms with Gasteiger partial charge in [-0.05, 0) is 90.0 Å². The molecule has 0 aliphatic carbocycles. The van der Waals surface area contributed by atoms with Gasteiger partial charge in [-0.25, -0.2) is 0 Å². The highest BCUT2D eigenvalue weighted by molar-refractivity contribution is 14.1. The SMILES string of the molecule is CCOc1cc(/C=C(\C#N)c2ccc(Br)cc2)cc(I)c1OS(=O)(=O)c1ccc(C)cc1. The molecule has 0 heterocycles. The molecule has 0 bridgehead atoms. The van der Waals surface area contributed by atoms with E-state index in [0.717, 1.165) is 15.6 Å². The Bertz CT molecular complexity index is 1300. The Balaban J connectivity index is 2.02. The first-order valence-corrected chi connectivity index (χ1v) is 12.9. The topological polar surface area (TPSA) is 76.4 Å². The van der Waals surface area contributed by atoms with Crippen LogP contribution in [0.5, 0.6) is 11.5 Å². The predicted octanol–water partition coefficient (Wildman–Crippen LogP) is 6.59. The summed E-state index contributed by atoms with van der Waals surface area (Å²) in [6.45, 7) is 4.00. The van der Waals surface area contributed by atoms with Crippen molar-refractivity contribution >= 4 is 60.3 Å². The van der Waals surface area contributed by atoms with Gasteiger partial charge in [0.2, 0.25) is 0 Å². The Morgan fingerprint density at radius 2 is 1.78 bits per heavy atom. The number of aryl methyl sites for hydroxylation is 1. The Hall–Kier alpha value is -2.35. The molecule has 0 fully saturated rings.